The molecule has 148 valence electrons. The van der Waals surface area contributed by atoms with Gasteiger partial charge in [-0.05, 0) is 19.8 Å². The maximum Gasteiger partial charge on any atom is 0.228 e. The highest BCUT2D eigenvalue weighted by molar-refractivity contribution is 7.13. The number of aromatic nitrogens is 6. The number of aryl methyl sites for hydroxylation is 1. The van der Waals surface area contributed by atoms with Crippen molar-refractivity contribution in [2.45, 2.75) is 25.8 Å². The van der Waals surface area contributed by atoms with Crippen molar-refractivity contribution in [3.8, 4) is 10.7 Å². The number of rotatable bonds is 5. The van der Waals surface area contributed by atoms with Crippen LogP contribution >= 0.6 is 11.3 Å². The zero-order valence-electron chi connectivity index (χ0n) is 15.5. The number of H-pyrrole nitrogens is 1. The van der Waals surface area contributed by atoms with Crippen LogP contribution in [-0.2, 0) is 0 Å². The highest BCUT2D eigenvalue weighted by Gasteiger charge is 2.32. The molecule has 0 aromatic carbocycles. The van der Waals surface area contributed by atoms with Gasteiger partial charge in [0.1, 0.15) is 10.7 Å². The van der Waals surface area contributed by atoms with Crippen LogP contribution in [-0.4, -0.2) is 36.9 Å². The SMILES string of the molecule is Cc1cc(Nc2nc(N3CCCC3c3cc(-c4nccs4)no3)ncc2F)n[nH]1. The summed E-state index contributed by atoms with van der Waals surface area (Å²) in [5.74, 6) is 1.17. The molecule has 5 rings (SSSR count). The fraction of sp³-hybridized carbons (Fsp3) is 0.278. The van der Waals surface area contributed by atoms with E-state index in [0.29, 0.717) is 17.5 Å². The largest absolute Gasteiger partial charge is 0.358 e. The van der Waals surface area contributed by atoms with Crippen LogP contribution in [0.25, 0.3) is 10.7 Å². The molecule has 0 spiro atoms. The molecule has 2 N–H and O–H groups in total. The van der Waals surface area contributed by atoms with Crippen LogP contribution in [0.3, 0.4) is 0 Å². The van der Waals surface area contributed by atoms with Crippen molar-refractivity contribution < 1.29 is 8.91 Å². The van der Waals surface area contributed by atoms with Crippen molar-refractivity contribution in [1.82, 2.24) is 30.3 Å². The van der Waals surface area contributed by atoms with Crippen molar-refractivity contribution in [2.75, 3.05) is 16.8 Å². The summed E-state index contributed by atoms with van der Waals surface area (Å²) >= 11 is 1.50. The summed E-state index contributed by atoms with van der Waals surface area (Å²) in [5, 5.41) is 16.6. The van der Waals surface area contributed by atoms with E-state index in [0.717, 1.165) is 35.8 Å². The first-order valence-corrected chi connectivity index (χ1v) is 10.00. The van der Waals surface area contributed by atoms with Gasteiger partial charge < -0.3 is 14.7 Å². The fourth-order valence-corrected chi connectivity index (χ4v) is 3.98. The summed E-state index contributed by atoms with van der Waals surface area (Å²) in [6.45, 7) is 2.61. The Hall–Kier alpha value is -3.34. The van der Waals surface area contributed by atoms with Crippen LogP contribution in [0.4, 0.5) is 22.0 Å². The van der Waals surface area contributed by atoms with Gasteiger partial charge in [-0.15, -0.1) is 11.3 Å². The molecule has 1 saturated heterocycles. The molecule has 0 bridgehead atoms. The van der Waals surface area contributed by atoms with E-state index in [1.54, 1.807) is 12.3 Å². The molecule has 1 unspecified atom stereocenters. The Labute approximate surface area is 169 Å². The minimum absolute atomic E-state index is 0.0675. The molecule has 5 heterocycles. The molecular formula is C18H17FN8OS. The van der Waals surface area contributed by atoms with E-state index in [-0.39, 0.29) is 11.9 Å². The number of hydrogen-bond donors (Lipinski definition) is 2. The molecule has 4 aromatic heterocycles. The average molecular weight is 412 g/mol. The monoisotopic (exact) mass is 412 g/mol. The summed E-state index contributed by atoms with van der Waals surface area (Å²) in [6.07, 6.45) is 4.72. The number of aromatic amines is 1. The van der Waals surface area contributed by atoms with E-state index in [9.17, 15) is 4.39 Å². The number of hydrogen-bond acceptors (Lipinski definition) is 9. The third-order valence-electron chi connectivity index (χ3n) is 4.70. The Balaban J connectivity index is 1.42. The first kappa shape index (κ1) is 17.7. The van der Waals surface area contributed by atoms with Gasteiger partial charge >= 0.3 is 0 Å². The Morgan fingerprint density at radius 1 is 1.34 bits per heavy atom. The minimum atomic E-state index is -0.545. The van der Waals surface area contributed by atoms with Gasteiger partial charge in [-0.1, -0.05) is 5.16 Å². The van der Waals surface area contributed by atoms with Crippen molar-refractivity contribution in [2.24, 2.45) is 0 Å². The van der Waals surface area contributed by atoms with Crippen molar-refractivity contribution in [3.63, 3.8) is 0 Å². The molecule has 1 fully saturated rings. The van der Waals surface area contributed by atoms with Crippen LogP contribution in [0.5, 0.6) is 0 Å². The lowest BCUT2D eigenvalue weighted by Gasteiger charge is -2.22. The molecule has 1 aliphatic heterocycles. The summed E-state index contributed by atoms with van der Waals surface area (Å²) in [7, 11) is 0. The van der Waals surface area contributed by atoms with Gasteiger partial charge in [-0.3, -0.25) is 5.10 Å². The molecule has 4 aromatic rings. The maximum absolute atomic E-state index is 14.3. The van der Waals surface area contributed by atoms with Crippen LogP contribution < -0.4 is 10.2 Å². The van der Waals surface area contributed by atoms with Gasteiger partial charge in [0, 0.05) is 35.9 Å². The summed E-state index contributed by atoms with van der Waals surface area (Å²) in [5.41, 5.74) is 1.57. The van der Waals surface area contributed by atoms with Crippen molar-refractivity contribution in [3.05, 3.63) is 47.2 Å². The summed E-state index contributed by atoms with van der Waals surface area (Å²) < 4.78 is 19.8. The van der Waals surface area contributed by atoms with E-state index in [2.05, 4.69) is 35.6 Å². The second-order valence-corrected chi connectivity index (χ2v) is 7.63. The molecule has 29 heavy (non-hydrogen) atoms. The van der Waals surface area contributed by atoms with Gasteiger partial charge in [-0.2, -0.15) is 10.1 Å². The van der Waals surface area contributed by atoms with Crippen LogP contribution in [0.2, 0.25) is 0 Å². The maximum atomic E-state index is 14.3. The number of nitrogens with one attached hydrogen (secondary N) is 2. The van der Waals surface area contributed by atoms with Crippen LogP contribution in [0.15, 0.2) is 34.4 Å². The zero-order valence-corrected chi connectivity index (χ0v) is 16.3. The number of thiazole rings is 1. The third-order valence-corrected chi connectivity index (χ3v) is 5.50. The lowest BCUT2D eigenvalue weighted by atomic mass is 10.1. The summed E-state index contributed by atoms with van der Waals surface area (Å²) in [6, 6.07) is 3.60. The molecule has 11 heteroatoms. The second kappa shape index (κ2) is 7.24. The Bertz CT molecular complexity index is 1120. The minimum Gasteiger partial charge on any atom is -0.358 e. The average Bonchev–Trinajstić information content (AvgIpc) is 3.50. The quantitative estimate of drug-likeness (QED) is 0.509. The van der Waals surface area contributed by atoms with E-state index < -0.39 is 5.82 Å². The highest BCUT2D eigenvalue weighted by Crippen LogP contribution is 2.36. The lowest BCUT2D eigenvalue weighted by molar-refractivity contribution is 0.362. The first-order chi connectivity index (χ1) is 14.2. The molecule has 0 saturated carbocycles. The van der Waals surface area contributed by atoms with E-state index in [4.69, 9.17) is 4.52 Å². The Kier molecular flexibility index (Phi) is 4.43. The van der Waals surface area contributed by atoms with Gasteiger partial charge in [0.15, 0.2) is 23.2 Å². The predicted octanol–water partition coefficient (Wildman–Crippen LogP) is 3.84. The smallest absolute Gasteiger partial charge is 0.228 e. The molecule has 0 aliphatic carbocycles. The normalized spacial score (nSPS) is 16.5. The number of halogens is 1. The van der Waals surface area contributed by atoms with Crippen molar-refractivity contribution >= 4 is 28.9 Å². The number of nitrogens with zero attached hydrogens (tertiary/aromatic N) is 6. The molecular weight excluding hydrogens is 395 g/mol. The highest BCUT2D eigenvalue weighted by atomic mass is 32.1. The first-order valence-electron chi connectivity index (χ1n) is 9.12. The Morgan fingerprint density at radius 3 is 3.07 bits per heavy atom. The van der Waals surface area contributed by atoms with Gasteiger partial charge in [0.25, 0.3) is 0 Å². The van der Waals surface area contributed by atoms with Gasteiger partial charge in [0.05, 0.1) is 12.2 Å². The molecule has 1 aliphatic rings. The second-order valence-electron chi connectivity index (χ2n) is 6.73. The fourth-order valence-electron chi connectivity index (χ4n) is 3.39. The van der Waals surface area contributed by atoms with Crippen LogP contribution in [0.1, 0.15) is 30.3 Å². The van der Waals surface area contributed by atoms with Crippen molar-refractivity contribution in [1.29, 1.82) is 0 Å². The Morgan fingerprint density at radius 2 is 2.28 bits per heavy atom. The standard InChI is InChI=1S/C18H17FN8OS/c1-10-7-15(25-24-10)22-16-11(19)9-21-18(23-16)27-5-2-3-13(27)14-8-12(26-28-14)17-20-4-6-29-17/h4,6-9,13H,2-3,5H2,1H3,(H2,21,22,23,24,25). The van der Waals surface area contributed by atoms with E-state index in [1.165, 1.54) is 17.5 Å². The molecule has 0 amide bonds. The van der Waals surface area contributed by atoms with Gasteiger partial charge in [-0.25, -0.2) is 14.4 Å². The van der Waals surface area contributed by atoms with E-state index >= 15 is 0 Å². The van der Waals surface area contributed by atoms with E-state index in [1.807, 2.05) is 23.3 Å². The zero-order chi connectivity index (χ0) is 19.8. The molecule has 9 nitrogen and oxygen atoms in total. The molecule has 0 radical (unpaired) electrons. The summed E-state index contributed by atoms with van der Waals surface area (Å²) in [4.78, 5) is 14.9. The van der Waals surface area contributed by atoms with Crippen LogP contribution in [0, 0.1) is 12.7 Å². The predicted molar refractivity (Wildman–Crippen MR) is 106 cm³/mol. The topological polar surface area (TPSA) is 109 Å². The third kappa shape index (κ3) is 3.44. The lowest BCUT2D eigenvalue weighted by Crippen LogP contribution is -2.24. The van der Waals surface area contributed by atoms with Gasteiger partial charge in [0.2, 0.25) is 5.95 Å². The number of anilines is 3. The molecule has 1 atom stereocenters.